The summed E-state index contributed by atoms with van der Waals surface area (Å²) in [6, 6.07) is 19.7. The van der Waals surface area contributed by atoms with Gasteiger partial charge in [0.15, 0.2) is 0 Å². The summed E-state index contributed by atoms with van der Waals surface area (Å²) in [6.45, 7) is 3.03. The first kappa shape index (κ1) is 17.1. The van der Waals surface area contributed by atoms with Crippen molar-refractivity contribution in [1.82, 2.24) is 15.1 Å². The highest BCUT2D eigenvalue weighted by Gasteiger charge is 2.24. The van der Waals surface area contributed by atoms with Crippen LogP contribution in [0.2, 0.25) is 0 Å². The molecule has 3 aromatic rings. The van der Waals surface area contributed by atoms with Crippen molar-refractivity contribution >= 4 is 11.6 Å². The van der Waals surface area contributed by atoms with Gasteiger partial charge in [-0.2, -0.15) is 5.10 Å². The third-order valence-electron chi connectivity index (χ3n) is 4.88. The van der Waals surface area contributed by atoms with Crippen LogP contribution in [0.5, 0.6) is 5.75 Å². The van der Waals surface area contributed by atoms with Gasteiger partial charge in [0.2, 0.25) is 0 Å². The van der Waals surface area contributed by atoms with E-state index < -0.39 is 0 Å². The third-order valence-corrected chi connectivity index (χ3v) is 4.88. The van der Waals surface area contributed by atoms with E-state index in [1.165, 1.54) is 5.69 Å². The molecule has 1 saturated heterocycles. The van der Waals surface area contributed by atoms with Crippen molar-refractivity contribution < 1.29 is 9.53 Å². The summed E-state index contributed by atoms with van der Waals surface area (Å²) in [4.78, 5) is 17.0. The van der Waals surface area contributed by atoms with Gasteiger partial charge < -0.3 is 14.5 Å². The zero-order valence-corrected chi connectivity index (χ0v) is 15.3. The van der Waals surface area contributed by atoms with Crippen LogP contribution in [0.3, 0.4) is 0 Å². The number of benzene rings is 2. The number of hydrogen-bond acceptors (Lipinski definition) is 4. The number of carbonyl (C=O) groups excluding carboxylic acids is 1. The normalized spacial score (nSPS) is 14.3. The van der Waals surface area contributed by atoms with E-state index in [0.29, 0.717) is 24.5 Å². The fourth-order valence-corrected chi connectivity index (χ4v) is 3.40. The molecule has 0 bridgehead atoms. The number of methoxy groups -OCH3 is 1. The number of nitrogens with one attached hydrogen (secondary N) is 1. The van der Waals surface area contributed by atoms with Crippen LogP contribution in [0.25, 0.3) is 11.3 Å². The van der Waals surface area contributed by atoms with Gasteiger partial charge in [0.25, 0.3) is 5.91 Å². The molecule has 6 nitrogen and oxygen atoms in total. The molecule has 1 aliphatic heterocycles. The highest BCUT2D eigenvalue weighted by Crippen LogP contribution is 2.28. The van der Waals surface area contributed by atoms with Gasteiger partial charge in [-0.05, 0) is 30.3 Å². The molecule has 0 saturated carbocycles. The maximum atomic E-state index is 12.8. The molecule has 6 heteroatoms. The van der Waals surface area contributed by atoms with Crippen molar-refractivity contribution in [3.05, 3.63) is 66.4 Å². The first-order valence-electron chi connectivity index (χ1n) is 9.04. The first-order chi connectivity index (χ1) is 13.3. The summed E-state index contributed by atoms with van der Waals surface area (Å²) in [5.74, 6) is 0.718. The van der Waals surface area contributed by atoms with Crippen molar-refractivity contribution in [3.63, 3.8) is 0 Å². The van der Waals surface area contributed by atoms with Crippen molar-refractivity contribution in [3.8, 4) is 17.0 Å². The first-order valence-corrected chi connectivity index (χ1v) is 9.04. The van der Waals surface area contributed by atoms with Gasteiger partial charge in [0.1, 0.15) is 11.4 Å². The van der Waals surface area contributed by atoms with Crippen LogP contribution in [0.15, 0.2) is 60.7 Å². The highest BCUT2D eigenvalue weighted by atomic mass is 16.5. The number of para-hydroxylation sites is 2. The summed E-state index contributed by atoms with van der Waals surface area (Å²) in [5.41, 5.74) is 3.27. The maximum absolute atomic E-state index is 12.8. The van der Waals surface area contributed by atoms with E-state index in [4.69, 9.17) is 4.74 Å². The summed E-state index contributed by atoms with van der Waals surface area (Å²) in [5, 5.41) is 7.20. The van der Waals surface area contributed by atoms with Gasteiger partial charge in [-0.1, -0.05) is 30.3 Å². The van der Waals surface area contributed by atoms with E-state index >= 15 is 0 Å². The van der Waals surface area contributed by atoms with E-state index in [1.54, 1.807) is 13.2 Å². The zero-order chi connectivity index (χ0) is 18.6. The molecule has 27 heavy (non-hydrogen) atoms. The fourth-order valence-electron chi connectivity index (χ4n) is 3.40. The van der Waals surface area contributed by atoms with Crippen molar-refractivity contribution in [2.45, 2.75) is 0 Å². The molecule has 1 aromatic heterocycles. The molecule has 0 radical (unpaired) electrons. The Bertz CT molecular complexity index is 915. The van der Waals surface area contributed by atoms with Gasteiger partial charge in [-0.15, -0.1) is 0 Å². The summed E-state index contributed by atoms with van der Waals surface area (Å²) < 4.78 is 5.38. The van der Waals surface area contributed by atoms with Crippen molar-refractivity contribution in [2.24, 2.45) is 0 Å². The lowest BCUT2D eigenvalue weighted by Crippen LogP contribution is -2.48. The molecule has 2 heterocycles. The number of H-pyrrole nitrogens is 1. The van der Waals surface area contributed by atoms with Crippen molar-refractivity contribution in [1.29, 1.82) is 0 Å². The smallest absolute Gasteiger partial charge is 0.272 e. The summed E-state index contributed by atoms with van der Waals surface area (Å²) >= 11 is 0. The Morgan fingerprint density at radius 1 is 1.00 bits per heavy atom. The SMILES string of the molecule is COc1ccccc1-c1cc(C(=O)N2CCN(c3ccccc3)CC2)[nH]n1. The molecular formula is C21H22N4O2. The standard InChI is InChI=1S/C21H22N4O2/c1-27-20-10-6-5-9-17(20)18-15-19(23-22-18)21(26)25-13-11-24(12-14-25)16-7-3-2-4-8-16/h2-10,15H,11-14H2,1H3,(H,22,23). The maximum Gasteiger partial charge on any atom is 0.272 e. The molecule has 138 valence electrons. The number of nitrogens with zero attached hydrogens (tertiary/aromatic N) is 3. The molecule has 0 atom stereocenters. The number of aromatic nitrogens is 2. The predicted molar refractivity (Wildman–Crippen MR) is 105 cm³/mol. The molecule has 1 N–H and O–H groups in total. The van der Waals surface area contributed by atoms with E-state index in [1.807, 2.05) is 47.4 Å². The lowest BCUT2D eigenvalue weighted by atomic mass is 10.1. The minimum atomic E-state index is -0.0173. The number of aromatic amines is 1. The number of amides is 1. The molecular weight excluding hydrogens is 340 g/mol. The van der Waals surface area contributed by atoms with E-state index in [0.717, 1.165) is 24.4 Å². The van der Waals surface area contributed by atoms with Crippen LogP contribution in [0, 0.1) is 0 Å². The Labute approximate surface area is 158 Å². The molecule has 4 rings (SSSR count). The van der Waals surface area contributed by atoms with E-state index in [2.05, 4.69) is 27.2 Å². The topological polar surface area (TPSA) is 61.5 Å². The van der Waals surface area contributed by atoms with Crippen molar-refractivity contribution in [2.75, 3.05) is 38.2 Å². The number of ether oxygens (including phenoxy) is 1. The monoisotopic (exact) mass is 362 g/mol. The fraction of sp³-hybridized carbons (Fsp3) is 0.238. The molecule has 2 aromatic carbocycles. The largest absolute Gasteiger partial charge is 0.496 e. The second kappa shape index (κ2) is 7.53. The lowest BCUT2D eigenvalue weighted by molar-refractivity contribution is 0.0741. The quantitative estimate of drug-likeness (QED) is 0.775. The molecule has 1 fully saturated rings. The van der Waals surface area contributed by atoms with Gasteiger partial charge in [-0.25, -0.2) is 0 Å². The van der Waals surface area contributed by atoms with Crippen LogP contribution in [0.4, 0.5) is 5.69 Å². The Balaban J connectivity index is 1.45. The minimum absolute atomic E-state index is 0.0173. The number of piperazine rings is 1. The van der Waals surface area contributed by atoms with Crippen LogP contribution < -0.4 is 9.64 Å². The van der Waals surface area contributed by atoms with Gasteiger partial charge in [0, 0.05) is 37.4 Å². The van der Waals surface area contributed by atoms with E-state index in [-0.39, 0.29) is 5.91 Å². The molecule has 0 spiro atoms. The average molecular weight is 362 g/mol. The molecule has 1 amide bonds. The van der Waals surface area contributed by atoms with Crippen LogP contribution in [-0.2, 0) is 0 Å². The average Bonchev–Trinajstić information content (AvgIpc) is 3.24. The Hall–Kier alpha value is -3.28. The second-order valence-electron chi connectivity index (χ2n) is 6.48. The number of carbonyl (C=O) groups is 1. The van der Waals surface area contributed by atoms with E-state index in [9.17, 15) is 4.79 Å². The third kappa shape index (κ3) is 3.51. The van der Waals surface area contributed by atoms with Gasteiger partial charge >= 0.3 is 0 Å². The highest BCUT2D eigenvalue weighted by molar-refractivity contribution is 5.93. The van der Waals surface area contributed by atoms with Crippen LogP contribution in [0.1, 0.15) is 10.5 Å². The minimum Gasteiger partial charge on any atom is -0.496 e. The van der Waals surface area contributed by atoms with Crippen LogP contribution in [-0.4, -0.2) is 54.3 Å². The van der Waals surface area contributed by atoms with Gasteiger partial charge in [-0.3, -0.25) is 9.89 Å². The number of hydrogen-bond donors (Lipinski definition) is 1. The summed E-state index contributed by atoms with van der Waals surface area (Å²) in [7, 11) is 1.63. The number of anilines is 1. The molecule has 1 aliphatic rings. The molecule has 0 unspecified atom stereocenters. The Kier molecular flexibility index (Phi) is 4.78. The lowest BCUT2D eigenvalue weighted by Gasteiger charge is -2.35. The summed E-state index contributed by atoms with van der Waals surface area (Å²) in [6.07, 6.45) is 0. The molecule has 0 aliphatic carbocycles. The Morgan fingerprint density at radius 3 is 2.44 bits per heavy atom. The Morgan fingerprint density at radius 2 is 1.70 bits per heavy atom. The second-order valence-corrected chi connectivity index (χ2v) is 6.48. The van der Waals surface area contributed by atoms with Crippen LogP contribution >= 0.6 is 0 Å². The predicted octanol–water partition coefficient (Wildman–Crippen LogP) is 3.05. The van der Waals surface area contributed by atoms with Gasteiger partial charge in [0.05, 0.1) is 12.8 Å². The number of rotatable bonds is 4. The zero-order valence-electron chi connectivity index (χ0n) is 15.3.